The van der Waals surface area contributed by atoms with Crippen LogP contribution in [-0.4, -0.2) is 13.2 Å². The molecule has 0 fully saturated rings. The molecule has 2 aliphatic rings. The van der Waals surface area contributed by atoms with E-state index < -0.39 is 0 Å². The predicted octanol–water partition coefficient (Wildman–Crippen LogP) is 4.68. The van der Waals surface area contributed by atoms with Crippen molar-refractivity contribution >= 4 is 0 Å². The van der Waals surface area contributed by atoms with Crippen molar-refractivity contribution in [1.29, 1.82) is 0 Å². The Morgan fingerprint density at radius 3 is 1.78 bits per heavy atom. The molecule has 0 bridgehead atoms. The van der Waals surface area contributed by atoms with Gasteiger partial charge in [-0.05, 0) is 32.4 Å². The third-order valence-electron chi connectivity index (χ3n) is 4.36. The highest BCUT2D eigenvalue weighted by molar-refractivity contribution is 5.79. The maximum atomic E-state index is 5.92. The van der Waals surface area contributed by atoms with Gasteiger partial charge in [-0.2, -0.15) is 4.57 Å². The molecule has 0 aromatic heterocycles. The van der Waals surface area contributed by atoms with E-state index in [4.69, 9.17) is 9.47 Å². The summed E-state index contributed by atoms with van der Waals surface area (Å²) in [4.78, 5) is 0. The second kappa shape index (κ2) is 8.19. The zero-order valence-corrected chi connectivity index (χ0v) is 15.2. The third kappa shape index (κ3) is 3.60. The summed E-state index contributed by atoms with van der Waals surface area (Å²) in [5.41, 5.74) is 4.92. The summed E-state index contributed by atoms with van der Waals surface area (Å²) >= 11 is 0. The number of nitrogens with zero attached hydrogens (tertiary/aromatic N) is 1. The van der Waals surface area contributed by atoms with E-state index >= 15 is 0 Å². The molecule has 1 heterocycles. The lowest BCUT2D eigenvalue weighted by Gasteiger charge is -2.06. The van der Waals surface area contributed by atoms with Crippen molar-refractivity contribution in [3.8, 4) is 22.6 Å². The first-order chi connectivity index (χ1) is 11.2. The van der Waals surface area contributed by atoms with Gasteiger partial charge < -0.3 is 9.47 Å². The van der Waals surface area contributed by atoms with Crippen LogP contribution in [0.1, 0.15) is 51.4 Å². The average Bonchev–Trinajstić information content (AvgIpc) is 2.68. The summed E-state index contributed by atoms with van der Waals surface area (Å²) in [6, 6.07) is 6.13. The number of ether oxygens (including phenoxy) is 2. The van der Waals surface area contributed by atoms with Crippen molar-refractivity contribution in [2.45, 2.75) is 60.4 Å². The molecule has 126 valence electrons. The van der Waals surface area contributed by atoms with Crippen LogP contribution in [-0.2, 0) is 6.54 Å². The standard InChI is InChI=1S/C20H30NO2/c1-6-9-10-14-21-15(4)19-17(22-7-2)12-11-13-18(23-8-3)20(19)16(21)5/h11-13H,6-10,14H2,1-5H3/q+1. The van der Waals surface area contributed by atoms with Gasteiger partial charge >= 0.3 is 0 Å². The zero-order chi connectivity index (χ0) is 16.8. The normalized spacial score (nSPS) is 11.0. The zero-order valence-electron chi connectivity index (χ0n) is 15.2. The first-order valence-corrected chi connectivity index (χ1v) is 8.86. The van der Waals surface area contributed by atoms with E-state index in [0.29, 0.717) is 13.2 Å². The predicted molar refractivity (Wildman–Crippen MR) is 94.6 cm³/mol. The molecule has 0 amide bonds. The molecule has 3 nitrogen and oxygen atoms in total. The van der Waals surface area contributed by atoms with Crippen LogP contribution >= 0.6 is 0 Å². The van der Waals surface area contributed by atoms with E-state index in [1.54, 1.807) is 0 Å². The molecule has 23 heavy (non-hydrogen) atoms. The van der Waals surface area contributed by atoms with Crippen molar-refractivity contribution < 1.29 is 14.0 Å². The molecule has 0 saturated carbocycles. The fraction of sp³-hybridized carbons (Fsp3) is 0.550. The van der Waals surface area contributed by atoms with Gasteiger partial charge in [0.25, 0.3) is 0 Å². The summed E-state index contributed by atoms with van der Waals surface area (Å²) in [7, 11) is 0. The highest BCUT2D eigenvalue weighted by Gasteiger charge is 2.31. The van der Waals surface area contributed by atoms with E-state index in [-0.39, 0.29) is 0 Å². The largest absolute Gasteiger partial charge is 0.493 e. The van der Waals surface area contributed by atoms with Crippen LogP contribution in [0.5, 0.6) is 11.5 Å². The Bertz CT molecular complexity index is 575. The first kappa shape index (κ1) is 17.6. The van der Waals surface area contributed by atoms with Crippen molar-refractivity contribution in [3.63, 3.8) is 0 Å². The topological polar surface area (TPSA) is 22.3 Å². The molecule has 1 aliphatic heterocycles. The summed E-state index contributed by atoms with van der Waals surface area (Å²) in [5.74, 6) is 1.89. The number of hydrogen-bond donors (Lipinski definition) is 0. The second-order valence-electron chi connectivity index (χ2n) is 5.90. The number of hydrogen-bond acceptors (Lipinski definition) is 2. The smallest absolute Gasteiger partial charge is 0.190 e. The molecule has 0 spiro atoms. The summed E-state index contributed by atoms with van der Waals surface area (Å²) in [5, 5.41) is 0. The fourth-order valence-corrected chi connectivity index (χ4v) is 3.28. The third-order valence-corrected chi connectivity index (χ3v) is 4.36. The number of rotatable bonds is 8. The minimum absolute atomic E-state index is 0.669. The maximum absolute atomic E-state index is 5.92. The van der Waals surface area contributed by atoms with E-state index in [0.717, 1.165) is 18.0 Å². The van der Waals surface area contributed by atoms with Gasteiger partial charge in [0.15, 0.2) is 11.4 Å². The Hall–Kier alpha value is -1.77. The van der Waals surface area contributed by atoms with Crippen LogP contribution in [0.15, 0.2) is 18.2 Å². The van der Waals surface area contributed by atoms with Crippen LogP contribution < -0.4 is 14.0 Å². The highest BCUT2D eigenvalue weighted by atomic mass is 16.5. The van der Waals surface area contributed by atoms with Gasteiger partial charge in [-0.3, -0.25) is 0 Å². The number of fused-ring (bicyclic) bond motifs is 1. The van der Waals surface area contributed by atoms with E-state index in [9.17, 15) is 0 Å². The molecular weight excluding hydrogens is 286 g/mol. The van der Waals surface area contributed by atoms with Gasteiger partial charge in [0.2, 0.25) is 0 Å². The maximum Gasteiger partial charge on any atom is 0.190 e. The number of unbranched alkanes of at least 4 members (excludes halogenated alkanes) is 2. The lowest BCUT2D eigenvalue weighted by molar-refractivity contribution is -0.704. The Morgan fingerprint density at radius 2 is 1.35 bits per heavy atom. The molecule has 0 aromatic carbocycles. The van der Waals surface area contributed by atoms with E-state index in [2.05, 4.69) is 37.5 Å². The van der Waals surface area contributed by atoms with Gasteiger partial charge in [0.05, 0.1) is 13.2 Å². The lowest BCUT2D eigenvalue weighted by atomic mass is 10.1. The Balaban J connectivity index is 2.61. The Kier molecular flexibility index (Phi) is 6.26. The molecule has 1 aliphatic carbocycles. The van der Waals surface area contributed by atoms with Gasteiger partial charge in [0.1, 0.15) is 29.2 Å². The fourth-order valence-electron chi connectivity index (χ4n) is 3.28. The Labute approximate surface area is 140 Å². The van der Waals surface area contributed by atoms with Crippen molar-refractivity contribution in [1.82, 2.24) is 0 Å². The van der Waals surface area contributed by atoms with Crippen molar-refractivity contribution in [2.75, 3.05) is 13.2 Å². The van der Waals surface area contributed by atoms with Crippen molar-refractivity contribution in [3.05, 3.63) is 29.6 Å². The minimum Gasteiger partial charge on any atom is -0.493 e. The lowest BCUT2D eigenvalue weighted by Crippen LogP contribution is -2.37. The van der Waals surface area contributed by atoms with Crippen LogP contribution in [0.2, 0.25) is 0 Å². The highest BCUT2D eigenvalue weighted by Crippen LogP contribution is 2.41. The molecule has 2 rings (SSSR count). The van der Waals surface area contributed by atoms with Crippen LogP contribution in [0.4, 0.5) is 0 Å². The second-order valence-corrected chi connectivity index (χ2v) is 5.90. The first-order valence-electron chi connectivity index (χ1n) is 8.86. The molecule has 0 atom stereocenters. The SMILES string of the molecule is CCCCC[n+]1c(C)c2c(OCC)cccc(OCC)c-2c1C. The van der Waals surface area contributed by atoms with Crippen LogP contribution in [0.25, 0.3) is 11.1 Å². The minimum atomic E-state index is 0.669. The molecule has 0 N–H and O–H groups in total. The summed E-state index contributed by atoms with van der Waals surface area (Å²) in [6.07, 6.45) is 3.71. The van der Waals surface area contributed by atoms with Crippen LogP contribution in [0, 0.1) is 13.8 Å². The molecule has 3 heteroatoms. The van der Waals surface area contributed by atoms with Gasteiger partial charge in [-0.15, -0.1) is 0 Å². The summed E-state index contributed by atoms with van der Waals surface area (Å²) < 4.78 is 14.3. The van der Waals surface area contributed by atoms with Gasteiger partial charge in [-0.25, -0.2) is 0 Å². The molecular formula is C20H30NO2+. The Morgan fingerprint density at radius 1 is 0.826 bits per heavy atom. The molecule has 0 saturated heterocycles. The monoisotopic (exact) mass is 316 g/mol. The molecule has 0 aromatic rings. The molecule has 0 unspecified atom stereocenters. The van der Waals surface area contributed by atoms with Gasteiger partial charge in [-0.1, -0.05) is 19.4 Å². The average molecular weight is 316 g/mol. The summed E-state index contributed by atoms with van der Waals surface area (Å²) in [6.45, 7) is 13.1. The van der Waals surface area contributed by atoms with E-state index in [1.165, 1.54) is 41.8 Å². The van der Waals surface area contributed by atoms with E-state index in [1.807, 2.05) is 19.9 Å². The number of aromatic nitrogens is 1. The van der Waals surface area contributed by atoms with Crippen molar-refractivity contribution in [2.24, 2.45) is 0 Å². The quantitative estimate of drug-likeness (QED) is 0.521. The molecule has 0 radical (unpaired) electrons. The van der Waals surface area contributed by atoms with Crippen LogP contribution in [0.3, 0.4) is 0 Å². The van der Waals surface area contributed by atoms with Gasteiger partial charge in [0, 0.05) is 20.3 Å².